The standard InChI is InChI=1S/C17H16O4/c1-12(18)13-7-4-8-16(9-13)21-11-15-6-3-2-5-14(15)10-17(19)20/h2-9H,10-11H2,1H3,(H,19,20). The lowest BCUT2D eigenvalue weighted by atomic mass is 10.1. The molecule has 0 saturated carbocycles. The van der Waals surface area contributed by atoms with E-state index in [1.54, 1.807) is 36.4 Å². The maximum Gasteiger partial charge on any atom is 0.307 e. The van der Waals surface area contributed by atoms with Gasteiger partial charge in [0, 0.05) is 5.56 Å². The van der Waals surface area contributed by atoms with Crippen molar-refractivity contribution in [3.63, 3.8) is 0 Å². The Morgan fingerprint density at radius 3 is 2.43 bits per heavy atom. The van der Waals surface area contributed by atoms with Crippen LogP contribution in [-0.2, 0) is 17.8 Å². The van der Waals surface area contributed by atoms with Crippen molar-refractivity contribution >= 4 is 11.8 Å². The molecule has 0 fully saturated rings. The molecule has 21 heavy (non-hydrogen) atoms. The Morgan fingerprint density at radius 2 is 1.76 bits per heavy atom. The average molecular weight is 284 g/mol. The Balaban J connectivity index is 2.11. The number of rotatable bonds is 6. The molecule has 2 aromatic carbocycles. The SMILES string of the molecule is CC(=O)c1cccc(OCc2ccccc2CC(=O)O)c1. The van der Waals surface area contributed by atoms with E-state index in [1.165, 1.54) is 6.92 Å². The molecule has 0 saturated heterocycles. The van der Waals surface area contributed by atoms with Crippen molar-refractivity contribution in [1.29, 1.82) is 0 Å². The fourth-order valence-corrected chi connectivity index (χ4v) is 2.00. The number of carbonyl (C=O) groups excluding carboxylic acids is 1. The van der Waals surface area contributed by atoms with Crippen LogP contribution in [0.3, 0.4) is 0 Å². The van der Waals surface area contributed by atoms with Gasteiger partial charge >= 0.3 is 5.97 Å². The highest BCUT2D eigenvalue weighted by molar-refractivity contribution is 5.94. The molecule has 0 aliphatic rings. The largest absolute Gasteiger partial charge is 0.489 e. The molecule has 0 bridgehead atoms. The molecule has 0 atom stereocenters. The van der Waals surface area contributed by atoms with Crippen LogP contribution in [0.4, 0.5) is 0 Å². The number of hydrogen-bond donors (Lipinski definition) is 1. The summed E-state index contributed by atoms with van der Waals surface area (Å²) in [4.78, 5) is 22.2. The molecule has 4 nitrogen and oxygen atoms in total. The number of benzene rings is 2. The maximum absolute atomic E-state index is 11.3. The molecule has 1 N–H and O–H groups in total. The Bertz CT molecular complexity index is 661. The number of hydrogen-bond acceptors (Lipinski definition) is 3. The van der Waals surface area contributed by atoms with E-state index in [9.17, 15) is 9.59 Å². The summed E-state index contributed by atoms with van der Waals surface area (Å²) in [6.07, 6.45) is -0.0347. The van der Waals surface area contributed by atoms with Crippen LogP contribution in [-0.4, -0.2) is 16.9 Å². The van der Waals surface area contributed by atoms with Crippen LogP contribution < -0.4 is 4.74 Å². The van der Waals surface area contributed by atoms with E-state index in [0.29, 0.717) is 11.3 Å². The summed E-state index contributed by atoms with van der Waals surface area (Å²) >= 11 is 0. The lowest BCUT2D eigenvalue weighted by Gasteiger charge is -2.10. The van der Waals surface area contributed by atoms with Crippen LogP contribution in [0, 0.1) is 0 Å². The van der Waals surface area contributed by atoms with E-state index in [1.807, 2.05) is 12.1 Å². The van der Waals surface area contributed by atoms with Crippen LogP contribution in [0.1, 0.15) is 28.4 Å². The maximum atomic E-state index is 11.3. The van der Waals surface area contributed by atoms with Crippen LogP contribution in [0.25, 0.3) is 0 Å². The van der Waals surface area contributed by atoms with Gasteiger partial charge in [-0.05, 0) is 30.2 Å². The van der Waals surface area contributed by atoms with Gasteiger partial charge in [0.1, 0.15) is 12.4 Å². The molecule has 0 amide bonds. The second-order valence-electron chi connectivity index (χ2n) is 4.71. The second kappa shape index (κ2) is 6.70. The van der Waals surface area contributed by atoms with Crippen molar-refractivity contribution in [3.05, 3.63) is 65.2 Å². The zero-order valence-corrected chi connectivity index (χ0v) is 11.7. The van der Waals surface area contributed by atoms with Gasteiger partial charge in [-0.15, -0.1) is 0 Å². The van der Waals surface area contributed by atoms with Crippen molar-refractivity contribution in [2.24, 2.45) is 0 Å². The number of carbonyl (C=O) groups is 2. The van der Waals surface area contributed by atoms with Crippen LogP contribution >= 0.6 is 0 Å². The summed E-state index contributed by atoms with van der Waals surface area (Å²) in [6.45, 7) is 1.77. The second-order valence-corrected chi connectivity index (χ2v) is 4.71. The smallest absolute Gasteiger partial charge is 0.307 e. The molecule has 0 radical (unpaired) electrons. The van der Waals surface area contributed by atoms with Crippen LogP contribution in [0.5, 0.6) is 5.75 Å². The minimum atomic E-state index is -0.874. The normalized spacial score (nSPS) is 10.1. The lowest BCUT2D eigenvalue weighted by molar-refractivity contribution is -0.136. The molecular formula is C17H16O4. The topological polar surface area (TPSA) is 63.6 Å². The first-order valence-corrected chi connectivity index (χ1v) is 6.58. The lowest BCUT2D eigenvalue weighted by Crippen LogP contribution is -2.06. The van der Waals surface area contributed by atoms with Crippen molar-refractivity contribution in [1.82, 2.24) is 0 Å². The van der Waals surface area contributed by atoms with E-state index >= 15 is 0 Å². The van der Waals surface area contributed by atoms with Gasteiger partial charge in [-0.2, -0.15) is 0 Å². The highest BCUT2D eigenvalue weighted by Crippen LogP contribution is 2.17. The fraction of sp³-hybridized carbons (Fsp3) is 0.176. The zero-order valence-electron chi connectivity index (χ0n) is 11.7. The average Bonchev–Trinajstić information content (AvgIpc) is 2.46. The first-order chi connectivity index (χ1) is 10.1. The molecule has 0 spiro atoms. The van der Waals surface area contributed by atoms with Crippen molar-refractivity contribution in [2.75, 3.05) is 0 Å². The van der Waals surface area contributed by atoms with Crippen LogP contribution in [0.15, 0.2) is 48.5 Å². The summed E-state index contributed by atoms with van der Waals surface area (Å²) < 4.78 is 5.66. The fourth-order valence-electron chi connectivity index (χ4n) is 2.00. The molecule has 0 unspecified atom stereocenters. The third kappa shape index (κ3) is 4.18. The molecule has 0 aliphatic carbocycles. The van der Waals surface area contributed by atoms with Crippen molar-refractivity contribution in [2.45, 2.75) is 20.0 Å². The minimum absolute atomic E-state index is 0.0215. The molecule has 0 aromatic heterocycles. The van der Waals surface area contributed by atoms with E-state index in [0.717, 1.165) is 11.1 Å². The van der Waals surface area contributed by atoms with Gasteiger partial charge in [0.15, 0.2) is 5.78 Å². The number of aliphatic carboxylic acids is 1. The first-order valence-electron chi connectivity index (χ1n) is 6.58. The summed E-state index contributed by atoms with van der Waals surface area (Å²) in [5, 5.41) is 8.90. The third-order valence-electron chi connectivity index (χ3n) is 3.09. The Kier molecular flexibility index (Phi) is 4.72. The van der Waals surface area contributed by atoms with Gasteiger partial charge in [-0.25, -0.2) is 0 Å². The predicted octanol–water partition coefficient (Wildman–Crippen LogP) is 3.10. The number of Topliss-reactive ketones (excluding diaryl/α,β-unsaturated/α-hetero) is 1. The highest BCUT2D eigenvalue weighted by atomic mass is 16.5. The summed E-state index contributed by atoms with van der Waals surface area (Å²) in [7, 11) is 0. The summed E-state index contributed by atoms with van der Waals surface area (Å²) in [5.74, 6) is -0.305. The quantitative estimate of drug-likeness (QED) is 0.828. The van der Waals surface area contributed by atoms with Crippen molar-refractivity contribution < 1.29 is 19.4 Å². The highest BCUT2D eigenvalue weighted by Gasteiger charge is 2.07. The molecule has 2 rings (SSSR count). The van der Waals surface area contributed by atoms with Gasteiger partial charge < -0.3 is 9.84 Å². The Labute approximate surface area is 123 Å². The molecule has 2 aromatic rings. The summed E-state index contributed by atoms with van der Waals surface area (Å²) in [5.41, 5.74) is 2.15. The molecule has 4 heteroatoms. The number of carboxylic acid groups (broad SMARTS) is 1. The monoisotopic (exact) mass is 284 g/mol. The number of ketones is 1. The van der Waals surface area contributed by atoms with E-state index in [2.05, 4.69) is 0 Å². The van der Waals surface area contributed by atoms with Crippen molar-refractivity contribution in [3.8, 4) is 5.75 Å². The Morgan fingerprint density at radius 1 is 1.05 bits per heavy atom. The van der Waals surface area contributed by atoms with E-state index < -0.39 is 5.97 Å². The van der Waals surface area contributed by atoms with Gasteiger partial charge in [-0.3, -0.25) is 9.59 Å². The summed E-state index contributed by atoms with van der Waals surface area (Å²) in [6, 6.07) is 14.2. The number of ether oxygens (including phenoxy) is 1. The number of carboxylic acids is 1. The van der Waals surface area contributed by atoms with E-state index in [-0.39, 0.29) is 18.8 Å². The Hall–Kier alpha value is -2.62. The molecule has 108 valence electrons. The molecule has 0 aliphatic heterocycles. The van der Waals surface area contributed by atoms with Gasteiger partial charge in [0.2, 0.25) is 0 Å². The third-order valence-corrected chi connectivity index (χ3v) is 3.09. The minimum Gasteiger partial charge on any atom is -0.489 e. The van der Waals surface area contributed by atoms with Gasteiger partial charge in [0.25, 0.3) is 0 Å². The van der Waals surface area contributed by atoms with E-state index in [4.69, 9.17) is 9.84 Å². The van der Waals surface area contributed by atoms with Gasteiger partial charge in [0.05, 0.1) is 6.42 Å². The predicted molar refractivity (Wildman–Crippen MR) is 78.6 cm³/mol. The zero-order chi connectivity index (χ0) is 15.2. The first kappa shape index (κ1) is 14.8. The molecule has 0 heterocycles. The van der Waals surface area contributed by atoms with Crippen LogP contribution in [0.2, 0.25) is 0 Å². The van der Waals surface area contributed by atoms with Gasteiger partial charge in [-0.1, -0.05) is 36.4 Å². The molecular weight excluding hydrogens is 268 g/mol.